The second-order valence-electron chi connectivity index (χ2n) is 6.30. The van der Waals surface area contributed by atoms with E-state index in [-0.39, 0.29) is 30.9 Å². The maximum absolute atomic E-state index is 12.5. The Morgan fingerprint density at radius 3 is 2.60 bits per heavy atom. The van der Waals surface area contributed by atoms with Gasteiger partial charge in [0.1, 0.15) is 5.69 Å². The minimum atomic E-state index is -1.49. The molecule has 2 N–H and O–H groups in total. The van der Waals surface area contributed by atoms with Crippen molar-refractivity contribution in [1.29, 1.82) is 0 Å². The molecule has 1 aromatic carbocycles. The first-order valence-electron chi connectivity index (χ1n) is 8.10. The molecular weight excluding hydrogens is 330 g/mol. The van der Waals surface area contributed by atoms with E-state index in [1.807, 2.05) is 4.90 Å². The standard InChI is InChI=1S/C16H19N3O6/c20-14(17-16(15(21)22)5-8-25-10-16)11-3-4-12(13(9-11)19(23)24)18-6-1-2-7-18/h3-4,9H,1-2,5-8,10H2,(H,17,20)(H,21,22). The highest BCUT2D eigenvalue weighted by Crippen LogP contribution is 2.32. The highest BCUT2D eigenvalue weighted by atomic mass is 16.6. The first-order valence-corrected chi connectivity index (χ1v) is 8.10. The van der Waals surface area contributed by atoms with Crippen molar-refractivity contribution >= 4 is 23.3 Å². The van der Waals surface area contributed by atoms with Gasteiger partial charge in [-0.05, 0) is 25.0 Å². The zero-order valence-electron chi connectivity index (χ0n) is 13.6. The summed E-state index contributed by atoms with van der Waals surface area (Å²) in [5.74, 6) is -1.84. The molecule has 0 saturated carbocycles. The summed E-state index contributed by atoms with van der Waals surface area (Å²) in [5, 5.41) is 23.2. The Bertz CT molecular complexity index is 708. The second kappa shape index (κ2) is 6.67. The number of aliphatic carboxylic acids is 1. The summed E-state index contributed by atoms with van der Waals surface area (Å²) in [7, 11) is 0. The summed E-state index contributed by atoms with van der Waals surface area (Å²) in [6.07, 6.45) is 2.10. The van der Waals surface area contributed by atoms with Gasteiger partial charge in [-0.25, -0.2) is 4.79 Å². The van der Waals surface area contributed by atoms with Gasteiger partial charge in [0.15, 0.2) is 5.54 Å². The zero-order chi connectivity index (χ0) is 18.0. The SMILES string of the molecule is O=C(NC1(C(=O)O)CCOC1)c1ccc(N2CCCC2)c([N+](=O)[O-])c1. The molecule has 0 radical (unpaired) electrons. The minimum absolute atomic E-state index is 0.0576. The molecule has 9 heteroatoms. The number of nitro groups is 1. The molecular formula is C16H19N3O6. The van der Waals surface area contributed by atoms with Crippen LogP contribution in [0.15, 0.2) is 18.2 Å². The van der Waals surface area contributed by atoms with Crippen molar-refractivity contribution in [3.05, 3.63) is 33.9 Å². The van der Waals surface area contributed by atoms with Crippen molar-refractivity contribution in [2.75, 3.05) is 31.2 Å². The lowest BCUT2D eigenvalue weighted by molar-refractivity contribution is -0.384. The van der Waals surface area contributed by atoms with Crippen LogP contribution in [0.25, 0.3) is 0 Å². The summed E-state index contributed by atoms with van der Waals surface area (Å²) in [6, 6.07) is 4.24. The van der Waals surface area contributed by atoms with Crippen molar-refractivity contribution in [3.63, 3.8) is 0 Å². The van der Waals surface area contributed by atoms with Gasteiger partial charge in [-0.2, -0.15) is 0 Å². The molecule has 9 nitrogen and oxygen atoms in total. The van der Waals surface area contributed by atoms with Gasteiger partial charge in [0, 0.05) is 37.7 Å². The van der Waals surface area contributed by atoms with E-state index in [1.165, 1.54) is 12.1 Å². The van der Waals surface area contributed by atoms with E-state index < -0.39 is 22.3 Å². The third kappa shape index (κ3) is 3.27. The van der Waals surface area contributed by atoms with Crippen LogP contribution < -0.4 is 10.2 Å². The Hall–Kier alpha value is -2.68. The molecule has 25 heavy (non-hydrogen) atoms. The highest BCUT2D eigenvalue weighted by Gasteiger charge is 2.44. The number of ether oxygens (including phenoxy) is 1. The number of amides is 1. The lowest BCUT2D eigenvalue weighted by Crippen LogP contribution is -2.55. The number of hydrogen-bond donors (Lipinski definition) is 2. The van der Waals surface area contributed by atoms with Crippen LogP contribution in [0.5, 0.6) is 0 Å². The van der Waals surface area contributed by atoms with Crippen LogP contribution >= 0.6 is 0 Å². The molecule has 1 amide bonds. The van der Waals surface area contributed by atoms with Gasteiger partial charge >= 0.3 is 5.97 Å². The van der Waals surface area contributed by atoms with Crippen molar-refractivity contribution in [2.24, 2.45) is 0 Å². The fourth-order valence-electron chi connectivity index (χ4n) is 3.21. The van der Waals surface area contributed by atoms with E-state index in [2.05, 4.69) is 5.32 Å². The van der Waals surface area contributed by atoms with E-state index >= 15 is 0 Å². The monoisotopic (exact) mass is 349 g/mol. The average Bonchev–Trinajstić information content (AvgIpc) is 3.26. The van der Waals surface area contributed by atoms with Crippen LogP contribution in [0.2, 0.25) is 0 Å². The fraction of sp³-hybridized carbons (Fsp3) is 0.500. The summed E-state index contributed by atoms with van der Waals surface area (Å²) in [6.45, 7) is 1.60. The molecule has 0 spiro atoms. The number of hydrogen-bond acceptors (Lipinski definition) is 6. The van der Waals surface area contributed by atoms with E-state index in [9.17, 15) is 24.8 Å². The minimum Gasteiger partial charge on any atom is -0.479 e. The van der Waals surface area contributed by atoms with Crippen LogP contribution in [-0.4, -0.2) is 53.7 Å². The van der Waals surface area contributed by atoms with Gasteiger partial charge < -0.3 is 20.1 Å². The second-order valence-corrected chi connectivity index (χ2v) is 6.30. The van der Waals surface area contributed by atoms with E-state index in [4.69, 9.17) is 4.74 Å². The predicted octanol–water partition coefficient (Wildman–Crippen LogP) is 1.17. The lowest BCUT2D eigenvalue weighted by Gasteiger charge is -2.24. The number of nitrogens with one attached hydrogen (secondary N) is 1. The van der Waals surface area contributed by atoms with Crippen LogP contribution in [0.4, 0.5) is 11.4 Å². The van der Waals surface area contributed by atoms with Crippen LogP contribution in [0, 0.1) is 10.1 Å². The number of rotatable bonds is 5. The molecule has 1 unspecified atom stereocenters. The largest absolute Gasteiger partial charge is 0.479 e. The van der Waals surface area contributed by atoms with E-state index in [0.29, 0.717) is 5.69 Å². The number of carboxylic acids is 1. The molecule has 2 aliphatic rings. The highest BCUT2D eigenvalue weighted by molar-refractivity contribution is 5.99. The molecule has 0 aliphatic carbocycles. The Labute approximate surface area is 143 Å². The van der Waals surface area contributed by atoms with Gasteiger partial charge in [0.2, 0.25) is 0 Å². The van der Waals surface area contributed by atoms with Crippen molar-refractivity contribution in [2.45, 2.75) is 24.8 Å². The van der Waals surface area contributed by atoms with Crippen LogP contribution in [-0.2, 0) is 9.53 Å². The summed E-state index contributed by atoms with van der Waals surface area (Å²) in [5.41, 5.74) is -1.10. The Morgan fingerprint density at radius 1 is 1.32 bits per heavy atom. The molecule has 2 aliphatic heterocycles. The average molecular weight is 349 g/mol. The van der Waals surface area contributed by atoms with Crippen molar-refractivity contribution in [3.8, 4) is 0 Å². The molecule has 0 bridgehead atoms. The maximum atomic E-state index is 12.5. The topological polar surface area (TPSA) is 122 Å². The molecule has 1 atom stereocenters. The van der Waals surface area contributed by atoms with Crippen LogP contribution in [0.1, 0.15) is 29.6 Å². The summed E-state index contributed by atoms with van der Waals surface area (Å²) < 4.78 is 5.10. The number of anilines is 1. The summed E-state index contributed by atoms with van der Waals surface area (Å²) in [4.78, 5) is 36.7. The fourth-order valence-corrected chi connectivity index (χ4v) is 3.21. The van der Waals surface area contributed by atoms with Gasteiger partial charge in [0.05, 0.1) is 11.5 Å². The quantitative estimate of drug-likeness (QED) is 0.604. The van der Waals surface area contributed by atoms with Crippen molar-refractivity contribution < 1.29 is 24.4 Å². The van der Waals surface area contributed by atoms with Crippen LogP contribution in [0.3, 0.4) is 0 Å². The third-order valence-electron chi connectivity index (χ3n) is 4.66. The molecule has 0 aromatic heterocycles. The normalized spacial score (nSPS) is 22.8. The number of carbonyl (C=O) groups excluding carboxylic acids is 1. The molecule has 1 aromatic rings. The summed E-state index contributed by atoms with van der Waals surface area (Å²) >= 11 is 0. The van der Waals surface area contributed by atoms with Gasteiger partial charge in [-0.3, -0.25) is 14.9 Å². The molecule has 2 fully saturated rings. The van der Waals surface area contributed by atoms with Gasteiger partial charge in [-0.1, -0.05) is 0 Å². The smallest absolute Gasteiger partial charge is 0.331 e. The van der Waals surface area contributed by atoms with Gasteiger partial charge in [-0.15, -0.1) is 0 Å². The number of benzene rings is 1. The first-order chi connectivity index (χ1) is 11.9. The Morgan fingerprint density at radius 2 is 2.04 bits per heavy atom. The number of carboxylic acid groups (broad SMARTS) is 1. The van der Waals surface area contributed by atoms with E-state index in [1.54, 1.807) is 6.07 Å². The number of carbonyl (C=O) groups is 2. The Balaban J connectivity index is 1.86. The Kier molecular flexibility index (Phi) is 4.58. The number of nitro benzene ring substituents is 1. The number of nitrogens with zero attached hydrogens (tertiary/aromatic N) is 2. The lowest BCUT2D eigenvalue weighted by atomic mass is 9.98. The van der Waals surface area contributed by atoms with Crippen molar-refractivity contribution in [1.82, 2.24) is 5.32 Å². The molecule has 2 saturated heterocycles. The van der Waals surface area contributed by atoms with E-state index in [0.717, 1.165) is 25.9 Å². The van der Waals surface area contributed by atoms with Gasteiger partial charge in [0.25, 0.3) is 11.6 Å². The molecule has 2 heterocycles. The first kappa shape index (κ1) is 17.2. The zero-order valence-corrected chi connectivity index (χ0v) is 13.6. The molecule has 3 rings (SSSR count). The molecule has 134 valence electrons. The maximum Gasteiger partial charge on any atom is 0.331 e. The predicted molar refractivity (Wildman–Crippen MR) is 87.8 cm³/mol. The third-order valence-corrected chi connectivity index (χ3v) is 4.66.